The molecule has 2 aliphatic heterocycles. The van der Waals surface area contributed by atoms with Gasteiger partial charge >= 0.3 is 0 Å². The molecule has 0 spiro atoms. The minimum Gasteiger partial charge on any atom is -0.371 e. The Morgan fingerprint density at radius 2 is 1.72 bits per heavy atom. The van der Waals surface area contributed by atoms with Crippen LogP contribution in [0.4, 0.5) is 5.82 Å². The van der Waals surface area contributed by atoms with Crippen LogP contribution in [0, 0.1) is 0 Å². The predicted molar refractivity (Wildman–Crippen MR) is 94.7 cm³/mol. The molecule has 2 aliphatic rings. The number of hydrogen-bond donors (Lipinski definition) is 0. The highest BCUT2D eigenvalue weighted by Crippen LogP contribution is 2.30. The number of anilines is 1. The fourth-order valence-corrected chi connectivity index (χ4v) is 3.76. The van der Waals surface area contributed by atoms with Gasteiger partial charge in [-0.2, -0.15) is 5.10 Å². The van der Waals surface area contributed by atoms with E-state index in [9.17, 15) is 0 Å². The van der Waals surface area contributed by atoms with E-state index in [1.807, 2.05) is 23.1 Å². The van der Waals surface area contributed by atoms with Gasteiger partial charge in [-0.05, 0) is 17.5 Å². The summed E-state index contributed by atoms with van der Waals surface area (Å²) in [4.78, 5) is 6.91. The molecule has 1 aromatic carbocycles. The molecule has 128 valence electrons. The maximum atomic E-state index is 6.17. The number of pyridine rings is 1. The molecule has 2 fully saturated rings. The molecule has 0 amide bonds. The molecule has 25 heavy (non-hydrogen) atoms. The molecular formula is C19H20N4O2. The quantitative estimate of drug-likeness (QED) is 0.719. The molecule has 0 saturated carbocycles. The van der Waals surface area contributed by atoms with Crippen LogP contribution < -0.4 is 4.90 Å². The zero-order valence-electron chi connectivity index (χ0n) is 13.9. The Balaban J connectivity index is 1.35. The number of benzene rings is 1. The van der Waals surface area contributed by atoms with Gasteiger partial charge in [-0.15, -0.1) is 0 Å². The number of hydrogen-bond acceptors (Lipinski definition) is 5. The van der Waals surface area contributed by atoms with Crippen LogP contribution in [0.3, 0.4) is 0 Å². The standard InChI is InChI=1S/C19H20N4O2/c1-2-5-16-14(4-1)6-8-20-19(16)22-10-17-18(11-22)25-13-15(12-24-17)23-9-3-7-21-23/h1-9,15,17-18H,10-13H2/t17-,18-/m0/s1. The first kappa shape index (κ1) is 14.9. The molecule has 0 radical (unpaired) electrons. The van der Waals surface area contributed by atoms with Gasteiger partial charge in [0.05, 0.1) is 19.3 Å². The first-order valence-electron chi connectivity index (χ1n) is 8.69. The van der Waals surface area contributed by atoms with Crippen molar-refractivity contribution >= 4 is 16.6 Å². The number of aromatic nitrogens is 3. The van der Waals surface area contributed by atoms with Crippen molar-refractivity contribution in [2.24, 2.45) is 0 Å². The normalized spacial score (nSPS) is 24.4. The number of fused-ring (bicyclic) bond motifs is 2. The van der Waals surface area contributed by atoms with E-state index in [0.29, 0.717) is 13.2 Å². The summed E-state index contributed by atoms with van der Waals surface area (Å²) in [6.07, 6.45) is 5.77. The highest BCUT2D eigenvalue weighted by molar-refractivity contribution is 5.92. The average molecular weight is 336 g/mol. The third kappa shape index (κ3) is 2.67. The fraction of sp³-hybridized carbons (Fsp3) is 0.368. The Labute approximate surface area is 146 Å². The van der Waals surface area contributed by atoms with E-state index in [2.05, 4.69) is 45.3 Å². The Hall–Kier alpha value is -2.44. The van der Waals surface area contributed by atoms with Crippen LogP contribution in [0.15, 0.2) is 55.0 Å². The molecule has 0 N–H and O–H groups in total. The van der Waals surface area contributed by atoms with Crippen LogP contribution in [-0.4, -0.2) is 53.3 Å². The second kappa shape index (κ2) is 6.13. The molecule has 2 aromatic heterocycles. The van der Waals surface area contributed by atoms with Gasteiger partial charge in [0.25, 0.3) is 0 Å². The molecule has 0 unspecified atom stereocenters. The van der Waals surface area contributed by atoms with E-state index < -0.39 is 0 Å². The zero-order chi connectivity index (χ0) is 16.6. The van der Waals surface area contributed by atoms with Crippen LogP contribution in [0.1, 0.15) is 6.04 Å². The lowest BCUT2D eigenvalue weighted by Gasteiger charge is -2.20. The van der Waals surface area contributed by atoms with Crippen molar-refractivity contribution in [1.82, 2.24) is 14.8 Å². The summed E-state index contributed by atoms with van der Waals surface area (Å²) >= 11 is 0. The third-order valence-electron chi connectivity index (χ3n) is 5.07. The van der Waals surface area contributed by atoms with E-state index >= 15 is 0 Å². The number of rotatable bonds is 2. The van der Waals surface area contributed by atoms with Gasteiger partial charge in [0.2, 0.25) is 0 Å². The summed E-state index contributed by atoms with van der Waals surface area (Å²) in [5, 5.41) is 6.69. The van der Waals surface area contributed by atoms with Crippen LogP contribution in [0.25, 0.3) is 10.8 Å². The van der Waals surface area contributed by atoms with E-state index in [1.54, 1.807) is 6.20 Å². The van der Waals surface area contributed by atoms with E-state index in [0.717, 1.165) is 18.9 Å². The zero-order valence-corrected chi connectivity index (χ0v) is 13.9. The molecule has 6 nitrogen and oxygen atoms in total. The van der Waals surface area contributed by atoms with E-state index in [-0.39, 0.29) is 18.2 Å². The van der Waals surface area contributed by atoms with Crippen molar-refractivity contribution in [3.8, 4) is 0 Å². The summed E-state index contributed by atoms with van der Waals surface area (Å²) < 4.78 is 14.3. The topological polar surface area (TPSA) is 52.4 Å². The second-order valence-corrected chi connectivity index (χ2v) is 6.64. The SMILES string of the molecule is c1ccc2c(N3C[C@@H]4OCC(n5cccn5)CO[C@H]4C3)nccc2c1. The van der Waals surface area contributed by atoms with E-state index in [4.69, 9.17) is 9.47 Å². The lowest BCUT2D eigenvalue weighted by Crippen LogP contribution is -2.27. The Kier molecular flexibility index (Phi) is 3.64. The molecular weight excluding hydrogens is 316 g/mol. The predicted octanol–water partition coefficient (Wildman–Crippen LogP) is 2.28. The third-order valence-corrected chi connectivity index (χ3v) is 5.07. The first-order valence-corrected chi connectivity index (χ1v) is 8.69. The minimum atomic E-state index is 0.0707. The van der Waals surface area contributed by atoms with Crippen molar-refractivity contribution in [2.75, 3.05) is 31.2 Å². The van der Waals surface area contributed by atoms with Crippen LogP contribution in [0.5, 0.6) is 0 Å². The first-order chi connectivity index (χ1) is 12.4. The second-order valence-electron chi connectivity index (χ2n) is 6.64. The molecule has 4 heterocycles. The van der Waals surface area contributed by atoms with Gasteiger partial charge < -0.3 is 14.4 Å². The minimum absolute atomic E-state index is 0.0707. The molecule has 2 atom stereocenters. The van der Waals surface area contributed by atoms with Crippen molar-refractivity contribution < 1.29 is 9.47 Å². The van der Waals surface area contributed by atoms with Crippen LogP contribution in [0.2, 0.25) is 0 Å². The average Bonchev–Trinajstić information content (AvgIpc) is 3.28. The summed E-state index contributed by atoms with van der Waals surface area (Å²) in [5.74, 6) is 1.02. The lowest BCUT2D eigenvalue weighted by molar-refractivity contribution is -0.00461. The van der Waals surface area contributed by atoms with Gasteiger partial charge in [-0.1, -0.05) is 24.3 Å². The van der Waals surface area contributed by atoms with Gasteiger partial charge in [-0.3, -0.25) is 4.68 Å². The molecule has 3 aromatic rings. The van der Waals surface area contributed by atoms with Crippen molar-refractivity contribution in [3.63, 3.8) is 0 Å². The smallest absolute Gasteiger partial charge is 0.136 e. The molecule has 2 saturated heterocycles. The highest BCUT2D eigenvalue weighted by atomic mass is 16.6. The van der Waals surface area contributed by atoms with Crippen LogP contribution >= 0.6 is 0 Å². The van der Waals surface area contributed by atoms with Gasteiger partial charge in [0.1, 0.15) is 18.0 Å². The summed E-state index contributed by atoms with van der Waals surface area (Å²) in [6, 6.07) is 12.5. The monoisotopic (exact) mass is 336 g/mol. The van der Waals surface area contributed by atoms with Gasteiger partial charge in [0.15, 0.2) is 0 Å². The highest BCUT2D eigenvalue weighted by Gasteiger charge is 2.38. The summed E-state index contributed by atoms with van der Waals surface area (Å²) in [5.41, 5.74) is 0. The summed E-state index contributed by atoms with van der Waals surface area (Å²) in [7, 11) is 0. The molecule has 6 heteroatoms. The molecule has 5 rings (SSSR count). The van der Waals surface area contributed by atoms with Crippen molar-refractivity contribution in [2.45, 2.75) is 18.2 Å². The molecule has 0 bridgehead atoms. The largest absolute Gasteiger partial charge is 0.371 e. The van der Waals surface area contributed by atoms with Crippen LogP contribution in [-0.2, 0) is 9.47 Å². The van der Waals surface area contributed by atoms with Gasteiger partial charge in [-0.25, -0.2) is 4.98 Å². The van der Waals surface area contributed by atoms with Crippen molar-refractivity contribution in [3.05, 3.63) is 55.0 Å². The van der Waals surface area contributed by atoms with Gasteiger partial charge in [0, 0.05) is 37.1 Å². The Morgan fingerprint density at radius 1 is 0.920 bits per heavy atom. The summed E-state index contributed by atoms with van der Waals surface area (Å²) in [6.45, 7) is 2.86. The fourth-order valence-electron chi connectivity index (χ4n) is 3.76. The number of ether oxygens (including phenoxy) is 2. The Bertz CT molecular complexity index is 846. The maximum absolute atomic E-state index is 6.17. The Morgan fingerprint density at radius 3 is 2.48 bits per heavy atom. The maximum Gasteiger partial charge on any atom is 0.136 e. The van der Waals surface area contributed by atoms with E-state index in [1.165, 1.54) is 10.8 Å². The lowest BCUT2D eigenvalue weighted by atomic mass is 10.1. The molecule has 0 aliphatic carbocycles. The number of nitrogens with zero attached hydrogens (tertiary/aromatic N) is 4. The van der Waals surface area contributed by atoms with Crippen molar-refractivity contribution in [1.29, 1.82) is 0 Å².